The van der Waals surface area contributed by atoms with Crippen LogP contribution in [-0.4, -0.2) is 31.7 Å². The van der Waals surface area contributed by atoms with Crippen molar-refractivity contribution in [1.29, 1.82) is 0 Å². The van der Waals surface area contributed by atoms with Gasteiger partial charge in [0.15, 0.2) is 0 Å². The molecule has 3 atom stereocenters. The van der Waals surface area contributed by atoms with Gasteiger partial charge in [0.05, 0.1) is 9.82 Å². The standard InChI is InChI=1S/C16H20F2N2O4S/c1-10-9-19(13-5-3-2-4-12(10)13)14-7-6-11(8-15(14)20(21)22)25(23,24)16(17)18/h6-8,10,12-13,16H,2-5,9H2,1H3. The number of halogens is 2. The number of rotatable bonds is 4. The summed E-state index contributed by atoms with van der Waals surface area (Å²) in [6.07, 6.45) is 4.21. The molecule has 2 fully saturated rings. The molecule has 3 unspecified atom stereocenters. The Morgan fingerprint density at radius 2 is 1.96 bits per heavy atom. The quantitative estimate of drug-likeness (QED) is 0.594. The van der Waals surface area contributed by atoms with Gasteiger partial charge in [-0.05, 0) is 36.8 Å². The minimum absolute atomic E-state index is 0.181. The molecule has 1 aliphatic heterocycles. The molecule has 0 N–H and O–H groups in total. The second-order valence-electron chi connectivity index (χ2n) is 6.86. The summed E-state index contributed by atoms with van der Waals surface area (Å²) in [5, 5.41) is 11.5. The molecular formula is C16H20F2N2O4S. The van der Waals surface area contributed by atoms with E-state index < -0.39 is 31.1 Å². The molecule has 1 saturated heterocycles. The third-order valence-electron chi connectivity index (χ3n) is 5.41. The zero-order valence-electron chi connectivity index (χ0n) is 13.8. The minimum Gasteiger partial charge on any atom is -0.362 e. The maximum atomic E-state index is 12.7. The number of sulfone groups is 1. The lowest BCUT2D eigenvalue weighted by molar-refractivity contribution is -0.384. The van der Waals surface area contributed by atoms with Crippen molar-refractivity contribution in [2.24, 2.45) is 11.8 Å². The molecule has 1 aromatic rings. The number of fused-ring (bicyclic) bond motifs is 1. The molecule has 0 bridgehead atoms. The van der Waals surface area contributed by atoms with Gasteiger partial charge < -0.3 is 4.90 Å². The number of hydrogen-bond acceptors (Lipinski definition) is 5. The van der Waals surface area contributed by atoms with Crippen LogP contribution in [0.25, 0.3) is 0 Å². The number of benzene rings is 1. The molecule has 6 nitrogen and oxygen atoms in total. The highest BCUT2D eigenvalue weighted by Gasteiger charge is 2.42. The van der Waals surface area contributed by atoms with Crippen LogP contribution < -0.4 is 4.90 Å². The van der Waals surface area contributed by atoms with Crippen LogP contribution in [0.1, 0.15) is 32.6 Å². The van der Waals surface area contributed by atoms with Crippen molar-refractivity contribution in [3.05, 3.63) is 28.3 Å². The van der Waals surface area contributed by atoms with Crippen LogP contribution in [0, 0.1) is 22.0 Å². The Hall–Kier alpha value is -1.77. The maximum absolute atomic E-state index is 12.7. The van der Waals surface area contributed by atoms with Crippen molar-refractivity contribution < 1.29 is 22.1 Å². The van der Waals surface area contributed by atoms with Gasteiger partial charge in [0.2, 0.25) is 9.84 Å². The van der Waals surface area contributed by atoms with E-state index in [2.05, 4.69) is 6.92 Å². The van der Waals surface area contributed by atoms with E-state index in [1.54, 1.807) is 0 Å². The maximum Gasteiger partial charge on any atom is 0.341 e. The Labute approximate surface area is 144 Å². The van der Waals surface area contributed by atoms with Gasteiger partial charge in [-0.1, -0.05) is 19.8 Å². The molecule has 2 aliphatic rings. The number of nitrogens with zero attached hydrogens (tertiary/aromatic N) is 2. The van der Waals surface area contributed by atoms with Gasteiger partial charge in [-0.15, -0.1) is 0 Å². The molecule has 3 rings (SSSR count). The predicted molar refractivity (Wildman–Crippen MR) is 88.5 cm³/mol. The van der Waals surface area contributed by atoms with Crippen LogP contribution in [0.5, 0.6) is 0 Å². The molecule has 0 amide bonds. The summed E-state index contributed by atoms with van der Waals surface area (Å²) in [6.45, 7) is 2.77. The molecule has 1 aromatic carbocycles. The van der Waals surface area contributed by atoms with Crippen molar-refractivity contribution in [1.82, 2.24) is 0 Å². The van der Waals surface area contributed by atoms with Crippen molar-refractivity contribution in [3.8, 4) is 0 Å². The van der Waals surface area contributed by atoms with Crippen LogP contribution in [0.3, 0.4) is 0 Å². The van der Waals surface area contributed by atoms with Gasteiger partial charge in [0.1, 0.15) is 5.69 Å². The second kappa shape index (κ2) is 6.51. The average molecular weight is 374 g/mol. The Kier molecular flexibility index (Phi) is 4.70. The first-order valence-electron chi connectivity index (χ1n) is 8.30. The summed E-state index contributed by atoms with van der Waals surface area (Å²) in [4.78, 5) is 12.0. The van der Waals surface area contributed by atoms with E-state index in [0.717, 1.165) is 37.8 Å². The number of alkyl halides is 2. The summed E-state index contributed by atoms with van der Waals surface area (Å²) in [5.74, 6) is -2.76. The van der Waals surface area contributed by atoms with E-state index in [1.807, 2.05) is 4.90 Å². The molecule has 0 aromatic heterocycles. The molecule has 1 heterocycles. The smallest absolute Gasteiger partial charge is 0.341 e. The Bertz CT molecular complexity index is 784. The first kappa shape index (κ1) is 18.0. The van der Waals surface area contributed by atoms with E-state index in [1.165, 1.54) is 6.07 Å². The predicted octanol–water partition coefficient (Wildman–Crippen LogP) is 3.61. The topological polar surface area (TPSA) is 80.5 Å². The Balaban J connectivity index is 2.04. The van der Waals surface area contributed by atoms with Crippen LogP contribution >= 0.6 is 0 Å². The van der Waals surface area contributed by atoms with Crippen LogP contribution in [0.2, 0.25) is 0 Å². The van der Waals surface area contributed by atoms with Gasteiger partial charge in [0, 0.05) is 18.7 Å². The number of nitro benzene ring substituents is 1. The van der Waals surface area contributed by atoms with E-state index in [-0.39, 0.29) is 6.04 Å². The van der Waals surface area contributed by atoms with Crippen molar-refractivity contribution in [2.45, 2.75) is 49.3 Å². The highest BCUT2D eigenvalue weighted by atomic mass is 32.2. The van der Waals surface area contributed by atoms with E-state index in [9.17, 15) is 27.3 Å². The fourth-order valence-corrected chi connectivity index (χ4v) is 4.96. The zero-order valence-corrected chi connectivity index (χ0v) is 14.6. The molecule has 1 saturated carbocycles. The summed E-state index contributed by atoms with van der Waals surface area (Å²) in [6, 6.07) is 3.29. The average Bonchev–Trinajstić information content (AvgIpc) is 2.91. The highest BCUT2D eigenvalue weighted by molar-refractivity contribution is 7.91. The Morgan fingerprint density at radius 1 is 1.28 bits per heavy atom. The van der Waals surface area contributed by atoms with Gasteiger partial charge in [0.25, 0.3) is 5.69 Å². The molecule has 0 spiro atoms. The molecular weight excluding hydrogens is 354 g/mol. The summed E-state index contributed by atoms with van der Waals surface area (Å²) < 4.78 is 48.7. The number of anilines is 1. The third kappa shape index (κ3) is 3.09. The monoisotopic (exact) mass is 374 g/mol. The van der Waals surface area contributed by atoms with Gasteiger partial charge >= 0.3 is 5.76 Å². The van der Waals surface area contributed by atoms with Crippen LogP contribution in [0.15, 0.2) is 23.1 Å². The molecule has 138 valence electrons. The largest absolute Gasteiger partial charge is 0.362 e. The molecule has 9 heteroatoms. The highest BCUT2D eigenvalue weighted by Crippen LogP contribution is 2.44. The van der Waals surface area contributed by atoms with Crippen LogP contribution in [-0.2, 0) is 9.84 Å². The fourth-order valence-electron chi connectivity index (χ4n) is 4.22. The zero-order chi connectivity index (χ0) is 18.4. The summed E-state index contributed by atoms with van der Waals surface area (Å²) in [5.41, 5.74) is -0.111. The second-order valence-corrected chi connectivity index (χ2v) is 8.78. The minimum atomic E-state index is -4.86. The van der Waals surface area contributed by atoms with Gasteiger partial charge in [-0.2, -0.15) is 8.78 Å². The first-order chi connectivity index (χ1) is 11.7. The molecule has 0 radical (unpaired) electrons. The molecule has 1 aliphatic carbocycles. The van der Waals surface area contributed by atoms with Gasteiger partial charge in [-0.3, -0.25) is 10.1 Å². The summed E-state index contributed by atoms with van der Waals surface area (Å²) in [7, 11) is -4.86. The van der Waals surface area contributed by atoms with E-state index in [4.69, 9.17) is 0 Å². The van der Waals surface area contributed by atoms with Crippen molar-refractivity contribution in [2.75, 3.05) is 11.4 Å². The number of hydrogen-bond donors (Lipinski definition) is 0. The SMILES string of the molecule is CC1CN(c2ccc(S(=O)(=O)C(F)F)cc2[N+](=O)[O-])C2CCCCC12. The van der Waals surface area contributed by atoms with Gasteiger partial charge in [-0.25, -0.2) is 8.42 Å². The van der Waals surface area contributed by atoms with E-state index >= 15 is 0 Å². The normalized spacial score (nSPS) is 26.7. The lowest BCUT2D eigenvalue weighted by atomic mass is 9.80. The first-order valence-corrected chi connectivity index (χ1v) is 9.85. The summed E-state index contributed by atoms with van der Waals surface area (Å²) >= 11 is 0. The molecule has 25 heavy (non-hydrogen) atoms. The van der Waals surface area contributed by atoms with E-state index in [0.29, 0.717) is 24.1 Å². The lowest BCUT2D eigenvalue weighted by Crippen LogP contribution is -2.35. The third-order valence-corrected chi connectivity index (χ3v) is 6.79. The Morgan fingerprint density at radius 3 is 2.60 bits per heavy atom. The number of nitro groups is 1. The van der Waals surface area contributed by atoms with Crippen LogP contribution in [0.4, 0.5) is 20.2 Å². The van der Waals surface area contributed by atoms with Crippen molar-refractivity contribution >= 4 is 21.2 Å². The van der Waals surface area contributed by atoms with Crippen molar-refractivity contribution in [3.63, 3.8) is 0 Å². The fraction of sp³-hybridized carbons (Fsp3) is 0.625. The lowest BCUT2D eigenvalue weighted by Gasteiger charge is -2.33.